The lowest BCUT2D eigenvalue weighted by atomic mass is 9.91. The topological polar surface area (TPSA) is 62.1 Å². The predicted octanol–water partition coefficient (Wildman–Crippen LogP) is 6.98. The monoisotopic (exact) mass is 518 g/mol. The first-order valence-electron chi connectivity index (χ1n) is 12.4. The van der Waals surface area contributed by atoms with Crippen LogP contribution in [0, 0.1) is 6.92 Å². The van der Waals surface area contributed by atoms with Gasteiger partial charge < -0.3 is 18.6 Å². The second-order valence-corrected chi connectivity index (χ2v) is 10.8. The lowest BCUT2D eigenvalue weighted by Gasteiger charge is -2.29. The number of rotatable bonds is 5. The number of fused-ring (bicyclic) bond motifs is 2. The van der Waals surface area contributed by atoms with Gasteiger partial charge in [0.2, 0.25) is 0 Å². The lowest BCUT2D eigenvalue weighted by molar-refractivity contribution is -0.164. The van der Waals surface area contributed by atoms with Crippen molar-refractivity contribution in [2.75, 3.05) is 13.7 Å². The molecule has 1 aliphatic heterocycles. The van der Waals surface area contributed by atoms with E-state index in [0.29, 0.717) is 5.02 Å². The number of hydrogen-bond donors (Lipinski definition) is 0. The van der Waals surface area contributed by atoms with Crippen molar-refractivity contribution in [2.45, 2.75) is 52.2 Å². The van der Waals surface area contributed by atoms with Gasteiger partial charge in [-0.3, -0.25) is 0 Å². The number of halogens is 1. The van der Waals surface area contributed by atoms with Gasteiger partial charge in [-0.2, -0.15) is 0 Å². The van der Waals surface area contributed by atoms with Gasteiger partial charge in [-0.1, -0.05) is 29.8 Å². The molecular formula is C30H31ClN2O4. The summed E-state index contributed by atoms with van der Waals surface area (Å²) in [5, 5.41) is 0.644. The number of aryl methyl sites for hydroxylation is 2. The quantitative estimate of drug-likeness (QED) is 0.266. The van der Waals surface area contributed by atoms with Crippen LogP contribution in [0.3, 0.4) is 0 Å². The molecule has 0 N–H and O–H groups in total. The molecule has 2 aromatic heterocycles. The second-order valence-electron chi connectivity index (χ2n) is 10.4. The molecule has 2 aromatic carbocycles. The van der Waals surface area contributed by atoms with E-state index in [4.69, 9.17) is 30.8 Å². The Balaban J connectivity index is 1.80. The van der Waals surface area contributed by atoms with Crippen LogP contribution in [-0.4, -0.2) is 34.7 Å². The first-order chi connectivity index (χ1) is 17.6. The van der Waals surface area contributed by atoms with Crippen LogP contribution in [0.2, 0.25) is 5.02 Å². The third-order valence-corrected chi connectivity index (χ3v) is 6.68. The third-order valence-electron chi connectivity index (χ3n) is 6.45. The average Bonchev–Trinajstić information content (AvgIpc) is 3.29. The Morgan fingerprint density at radius 2 is 1.95 bits per heavy atom. The van der Waals surface area contributed by atoms with Crippen molar-refractivity contribution in [1.29, 1.82) is 0 Å². The molecule has 0 spiro atoms. The molecule has 37 heavy (non-hydrogen) atoms. The van der Waals surface area contributed by atoms with Crippen molar-refractivity contribution in [3.63, 3.8) is 0 Å². The third kappa shape index (κ3) is 5.09. The zero-order valence-electron chi connectivity index (χ0n) is 21.8. The van der Waals surface area contributed by atoms with Gasteiger partial charge in [-0.15, -0.1) is 0 Å². The molecule has 0 bridgehead atoms. The molecule has 0 saturated carbocycles. The smallest absolute Gasteiger partial charge is 0.339 e. The van der Waals surface area contributed by atoms with Crippen LogP contribution in [0.4, 0.5) is 0 Å². The second kappa shape index (κ2) is 9.84. The number of pyridine rings is 1. The van der Waals surface area contributed by atoms with Gasteiger partial charge in [0, 0.05) is 34.1 Å². The number of aromatic nitrogens is 2. The minimum Gasteiger partial charge on any atom is -0.493 e. The van der Waals surface area contributed by atoms with Gasteiger partial charge in [-0.05, 0) is 81.5 Å². The highest BCUT2D eigenvalue weighted by molar-refractivity contribution is 6.30. The molecular weight excluding hydrogens is 488 g/mol. The Bertz CT molecular complexity index is 1490. The summed E-state index contributed by atoms with van der Waals surface area (Å²) >= 11 is 6.28. The number of benzene rings is 2. The number of methoxy groups -OCH3 is 1. The maximum absolute atomic E-state index is 13.1. The zero-order valence-corrected chi connectivity index (χ0v) is 22.6. The highest BCUT2D eigenvalue weighted by Gasteiger charge is 2.33. The summed E-state index contributed by atoms with van der Waals surface area (Å²) in [4.78, 5) is 18.2. The molecule has 1 aliphatic rings. The van der Waals surface area contributed by atoms with Crippen molar-refractivity contribution < 1.29 is 19.0 Å². The van der Waals surface area contributed by atoms with Gasteiger partial charge in [0.1, 0.15) is 11.4 Å². The summed E-state index contributed by atoms with van der Waals surface area (Å²) in [6.07, 6.45) is 4.94. The maximum atomic E-state index is 13.1. The van der Waals surface area contributed by atoms with E-state index in [0.717, 1.165) is 69.9 Å². The van der Waals surface area contributed by atoms with E-state index in [-0.39, 0.29) is 0 Å². The molecule has 0 fully saturated rings. The molecule has 192 valence electrons. The number of carbonyl (C=O) groups is 1. The number of carbonyl (C=O) groups excluding carboxylic acids is 1. The Morgan fingerprint density at radius 3 is 2.68 bits per heavy atom. The van der Waals surface area contributed by atoms with Crippen LogP contribution in [-0.2, 0) is 20.7 Å². The highest BCUT2D eigenvalue weighted by Crippen LogP contribution is 2.41. The normalized spacial score (nSPS) is 14.2. The van der Waals surface area contributed by atoms with E-state index in [9.17, 15) is 4.79 Å². The minimum absolute atomic E-state index is 0.452. The highest BCUT2D eigenvalue weighted by atomic mass is 35.5. The summed E-state index contributed by atoms with van der Waals surface area (Å²) < 4.78 is 19.4. The largest absolute Gasteiger partial charge is 0.493 e. The molecule has 4 aromatic rings. The van der Waals surface area contributed by atoms with E-state index >= 15 is 0 Å². The fraction of sp³-hybridized carbons (Fsp3) is 0.333. The number of hydrogen-bond acceptors (Lipinski definition) is 5. The maximum Gasteiger partial charge on any atom is 0.339 e. The molecule has 0 saturated heterocycles. The summed E-state index contributed by atoms with van der Waals surface area (Å²) in [6, 6.07) is 13.8. The zero-order chi connectivity index (χ0) is 26.3. The predicted molar refractivity (Wildman–Crippen MR) is 145 cm³/mol. The molecule has 3 heterocycles. The molecule has 1 atom stereocenters. The summed E-state index contributed by atoms with van der Waals surface area (Å²) in [7, 11) is 1.39. The Kier molecular flexibility index (Phi) is 6.73. The van der Waals surface area contributed by atoms with E-state index in [1.54, 1.807) is 0 Å². The Morgan fingerprint density at radius 1 is 1.14 bits per heavy atom. The molecule has 0 amide bonds. The van der Waals surface area contributed by atoms with Crippen molar-refractivity contribution in [3.05, 3.63) is 76.6 Å². The minimum atomic E-state index is -0.927. The molecule has 0 radical (unpaired) electrons. The van der Waals surface area contributed by atoms with Crippen LogP contribution in [0.15, 0.2) is 54.9 Å². The van der Waals surface area contributed by atoms with E-state index in [2.05, 4.69) is 6.07 Å². The molecule has 5 rings (SSSR count). The molecule has 0 aliphatic carbocycles. The number of nitrogens with zero attached hydrogens (tertiary/aromatic N) is 2. The number of ether oxygens (including phenoxy) is 3. The van der Waals surface area contributed by atoms with E-state index < -0.39 is 17.7 Å². The van der Waals surface area contributed by atoms with Crippen molar-refractivity contribution in [3.8, 4) is 28.1 Å². The van der Waals surface area contributed by atoms with Gasteiger partial charge in [0.05, 0.1) is 25.0 Å². The van der Waals surface area contributed by atoms with Crippen molar-refractivity contribution in [1.82, 2.24) is 9.38 Å². The van der Waals surface area contributed by atoms with Crippen LogP contribution >= 0.6 is 11.6 Å². The molecule has 0 unspecified atom stereocenters. The van der Waals surface area contributed by atoms with Gasteiger partial charge in [-0.25, -0.2) is 9.78 Å². The number of esters is 1. The van der Waals surface area contributed by atoms with Crippen molar-refractivity contribution in [2.24, 2.45) is 0 Å². The summed E-state index contributed by atoms with van der Waals surface area (Å²) in [6.45, 7) is 8.50. The molecule has 7 heteroatoms. The van der Waals surface area contributed by atoms with Gasteiger partial charge in [0.25, 0.3) is 0 Å². The first-order valence-corrected chi connectivity index (χ1v) is 12.8. The van der Waals surface area contributed by atoms with Gasteiger partial charge >= 0.3 is 5.97 Å². The van der Waals surface area contributed by atoms with Crippen molar-refractivity contribution >= 4 is 23.2 Å². The SMILES string of the molecule is COC(=O)[C@H](OC(C)(C)C)c1c(C)cn2cc(-c3cccc(Cl)c3)nc2c1-c1ccc2c(c1)CCCO2. The first kappa shape index (κ1) is 25.3. The average molecular weight is 519 g/mol. The lowest BCUT2D eigenvalue weighted by Crippen LogP contribution is -2.29. The molecule has 6 nitrogen and oxygen atoms in total. The number of imidazole rings is 1. The Hall–Kier alpha value is -3.35. The summed E-state index contributed by atoms with van der Waals surface area (Å²) in [5.74, 6) is 0.449. The van der Waals surface area contributed by atoms with Crippen LogP contribution < -0.4 is 4.74 Å². The fourth-order valence-corrected chi connectivity index (χ4v) is 5.07. The van der Waals surface area contributed by atoms with E-state index in [1.807, 2.05) is 80.9 Å². The van der Waals surface area contributed by atoms with Gasteiger partial charge in [0.15, 0.2) is 6.10 Å². The van der Waals surface area contributed by atoms with Crippen LogP contribution in [0.5, 0.6) is 5.75 Å². The van der Waals surface area contributed by atoms with E-state index in [1.165, 1.54) is 7.11 Å². The Labute approximate surface area is 222 Å². The summed E-state index contributed by atoms with van der Waals surface area (Å²) in [5.41, 5.74) is 6.40. The van der Waals surface area contributed by atoms with Crippen LogP contribution in [0.25, 0.3) is 28.0 Å². The standard InChI is InChI=1S/C30H31ClN2O4/c1-18-16-33-17-23(19-8-6-10-22(31)15-19)32-28(33)26(21-11-12-24-20(14-21)9-7-13-36-24)25(18)27(29(34)35-5)37-30(2,3)4/h6,8,10-12,14-17,27H,7,9,13H2,1-5H3/t27-/m1/s1. The van der Waals surface area contributed by atoms with Crippen LogP contribution in [0.1, 0.15) is 50.0 Å². The fourth-order valence-electron chi connectivity index (χ4n) is 4.88.